The van der Waals surface area contributed by atoms with E-state index >= 15 is 0 Å². The van der Waals surface area contributed by atoms with Gasteiger partial charge in [-0.25, -0.2) is 13.6 Å². The molecule has 0 saturated carbocycles. The number of rotatable bonds is 6. The van der Waals surface area contributed by atoms with Crippen molar-refractivity contribution < 1.29 is 17.6 Å². The number of hydrogen-bond donors (Lipinski definition) is 2. The van der Waals surface area contributed by atoms with E-state index in [2.05, 4.69) is 5.32 Å². The molecule has 0 radical (unpaired) electrons. The lowest BCUT2D eigenvalue weighted by molar-refractivity contribution is -0.131. The zero-order valence-corrected chi connectivity index (χ0v) is 12.0. The Balaban J connectivity index is 2.58. The number of hydrogen-bond acceptors (Lipinski definition) is 5. The molecule has 1 heterocycles. The summed E-state index contributed by atoms with van der Waals surface area (Å²) in [4.78, 5) is 13.4. The molecule has 1 amide bonds. The first-order valence-corrected chi connectivity index (χ1v) is 7.40. The quantitative estimate of drug-likeness (QED) is 0.759. The summed E-state index contributed by atoms with van der Waals surface area (Å²) in [5.74, 6) is 0.364. The molecule has 19 heavy (non-hydrogen) atoms. The van der Waals surface area contributed by atoms with Crippen LogP contribution < -0.4 is 10.5 Å². The van der Waals surface area contributed by atoms with Crippen molar-refractivity contribution in [3.8, 4) is 0 Å². The number of carbonyl (C=O) groups excluding carboxylic acids is 1. The van der Waals surface area contributed by atoms with Gasteiger partial charge in [0.05, 0.1) is 12.6 Å². The molecule has 8 heteroatoms. The van der Waals surface area contributed by atoms with Gasteiger partial charge in [-0.05, 0) is 26.0 Å². The van der Waals surface area contributed by atoms with Crippen LogP contribution in [0.15, 0.2) is 21.6 Å². The third-order valence-corrected chi connectivity index (χ3v) is 3.50. The maximum Gasteiger partial charge on any atom is 0.271 e. The van der Waals surface area contributed by atoms with Crippen LogP contribution in [-0.4, -0.2) is 38.9 Å². The van der Waals surface area contributed by atoms with E-state index in [0.717, 1.165) is 0 Å². The average Bonchev–Trinajstić information content (AvgIpc) is 2.82. The summed E-state index contributed by atoms with van der Waals surface area (Å²) >= 11 is 0. The highest BCUT2D eigenvalue weighted by Crippen LogP contribution is 2.12. The van der Waals surface area contributed by atoms with Crippen LogP contribution in [0.2, 0.25) is 0 Å². The summed E-state index contributed by atoms with van der Waals surface area (Å²) < 4.78 is 27.1. The van der Waals surface area contributed by atoms with Crippen molar-refractivity contribution in [2.24, 2.45) is 5.14 Å². The Bertz CT molecular complexity index is 538. The Labute approximate surface area is 112 Å². The van der Waals surface area contributed by atoms with E-state index in [1.807, 2.05) is 6.92 Å². The SMILES string of the molecule is CCN(C)C(=O)C(C)NCc1ccc(S(N)(=O)=O)o1. The largest absolute Gasteiger partial charge is 0.447 e. The van der Waals surface area contributed by atoms with Gasteiger partial charge in [-0.3, -0.25) is 10.1 Å². The lowest BCUT2D eigenvalue weighted by Gasteiger charge is -2.20. The third-order valence-electron chi connectivity index (χ3n) is 2.72. The van der Waals surface area contributed by atoms with E-state index < -0.39 is 10.0 Å². The number of nitrogens with two attached hydrogens (primary N) is 1. The summed E-state index contributed by atoms with van der Waals surface area (Å²) in [5.41, 5.74) is 0. The van der Waals surface area contributed by atoms with Crippen molar-refractivity contribution in [3.05, 3.63) is 17.9 Å². The van der Waals surface area contributed by atoms with Crippen molar-refractivity contribution in [2.45, 2.75) is 31.5 Å². The molecule has 1 rings (SSSR count). The predicted octanol–water partition coefficient (Wildman–Crippen LogP) is -0.117. The molecule has 1 unspecified atom stereocenters. The van der Waals surface area contributed by atoms with Gasteiger partial charge in [0, 0.05) is 13.6 Å². The topological polar surface area (TPSA) is 106 Å². The van der Waals surface area contributed by atoms with Crippen LogP contribution in [-0.2, 0) is 21.4 Å². The minimum Gasteiger partial charge on any atom is -0.447 e. The summed E-state index contributed by atoms with van der Waals surface area (Å²) in [6.07, 6.45) is 0. The van der Waals surface area contributed by atoms with E-state index in [1.165, 1.54) is 12.1 Å². The van der Waals surface area contributed by atoms with Crippen LogP contribution in [0.3, 0.4) is 0 Å². The Morgan fingerprint density at radius 2 is 2.16 bits per heavy atom. The molecular weight excluding hydrogens is 270 g/mol. The number of primary sulfonamides is 1. The molecule has 0 aliphatic carbocycles. The van der Waals surface area contributed by atoms with E-state index in [9.17, 15) is 13.2 Å². The van der Waals surface area contributed by atoms with Crippen LogP contribution in [0, 0.1) is 0 Å². The second kappa shape index (κ2) is 6.18. The first-order valence-electron chi connectivity index (χ1n) is 5.85. The van der Waals surface area contributed by atoms with Gasteiger partial charge in [0.2, 0.25) is 11.0 Å². The number of furan rings is 1. The molecule has 108 valence electrons. The van der Waals surface area contributed by atoms with Gasteiger partial charge in [0.1, 0.15) is 5.76 Å². The van der Waals surface area contributed by atoms with Gasteiger partial charge in [-0.1, -0.05) is 0 Å². The highest BCUT2D eigenvalue weighted by Gasteiger charge is 2.17. The van der Waals surface area contributed by atoms with Gasteiger partial charge in [-0.15, -0.1) is 0 Å². The smallest absolute Gasteiger partial charge is 0.271 e. The second-order valence-electron chi connectivity index (χ2n) is 4.22. The fourth-order valence-electron chi connectivity index (χ4n) is 1.43. The normalized spacial score (nSPS) is 13.3. The summed E-state index contributed by atoms with van der Waals surface area (Å²) in [5, 5.41) is 7.60. The third kappa shape index (κ3) is 4.34. The molecule has 7 nitrogen and oxygen atoms in total. The first kappa shape index (κ1) is 15.7. The van der Waals surface area contributed by atoms with Gasteiger partial charge in [0.15, 0.2) is 0 Å². The number of sulfonamides is 1. The minimum atomic E-state index is -3.82. The Morgan fingerprint density at radius 3 is 2.63 bits per heavy atom. The second-order valence-corrected chi connectivity index (χ2v) is 5.71. The molecule has 1 aromatic heterocycles. The molecule has 3 N–H and O–H groups in total. The summed E-state index contributed by atoms with van der Waals surface area (Å²) in [6, 6.07) is 2.41. The van der Waals surface area contributed by atoms with Gasteiger partial charge in [0.25, 0.3) is 10.0 Å². The molecular formula is C11H19N3O4S. The minimum absolute atomic E-state index is 0.0410. The van der Waals surface area contributed by atoms with E-state index in [0.29, 0.717) is 12.3 Å². The lowest BCUT2D eigenvalue weighted by atomic mass is 10.3. The van der Waals surface area contributed by atoms with Gasteiger partial charge >= 0.3 is 0 Å². The number of amides is 1. The van der Waals surface area contributed by atoms with Crippen molar-refractivity contribution in [2.75, 3.05) is 13.6 Å². The van der Waals surface area contributed by atoms with E-state index in [1.54, 1.807) is 18.9 Å². The zero-order valence-electron chi connectivity index (χ0n) is 11.2. The highest BCUT2D eigenvalue weighted by molar-refractivity contribution is 7.89. The maximum atomic E-state index is 11.8. The van der Waals surface area contributed by atoms with Gasteiger partial charge in [-0.2, -0.15) is 0 Å². The monoisotopic (exact) mass is 289 g/mol. The molecule has 1 atom stereocenters. The molecule has 0 spiro atoms. The number of carbonyl (C=O) groups is 1. The summed E-state index contributed by atoms with van der Waals surface area (Å²) in [6.45, 7) is 4.49. The molecule has 1 aromatic rings. The van der Waals surface area contributed by atoms with Crippen LogP contribution in [0.25, 0.3) is 0 Å². The van der Waals surface area contributed by atoms with Gasteiger partial charge < -0.3 is 9.32 Å². The van der Waals surface area contributed by atoms with Crippen LogP contribution >= 0.6 is 0 Å². The van der Waals surface area contributed by atoms with Crippen molar-refractivity contribution >= 4 is 15.9 Å². The number of nitrogens with one attached hydrogen (secondary N) is 1. The predicted molar refractivity (Wildman–Crippen MR) is 69.7 cm³/mol. The highest BCUT2D eigenvalue weighted by atomic mass is 32.2. The van der Waals surface area contributed by atoms with E-state index in [-0.39, 0.29) is 23.6 Å². The van der Waals surface area contributed by atoms with E-state index in [4.69, 9.17) is 9.56 Å². The molecule has 0 aliphatic heterocycles. The Morgan fingerprint density at radius 1 is 1.53 bits per heavy atom. The maximum absolute atomic E-state index is 11.8. The average molecular weight is 289 g/mol. The number of nitrogens with zero attached hydrogens (tertiary/aromatic N) is 1. The standard InChI is InChI=1S/C11H19N3O4S/c1-4-14(3)11(15)8(2)13-7-9-5-6-10(18-9)19(12,16)17/h5-6,8,13H,4,7H2,1-3H3,(H2,12,16,17). The first-order chi connectivity index (χ1) is 8.75. The lowest BCUT2D eigenvalue weighted by Crippen LogP contribution is -2.42. The Kier molecular flexibility index (Phi) is 5.10. The van der Waals surface area contributed by atoms with Crippen molar-refractivity contribution in [3.63, 3.8) is 0 Å². The molecule has 0 aliphatic rings. The fourth-order valence-corrected chi connectivity index (χ4v) is 1.91. The number of likely N-dealkylation sites (N-methyl/N-ethyl adjacent to an activating group) is 1. The van der Waals surface area contributed by atoms with Crippen LogP contribution in [0.4, 0.5) is 0 Å². The Hall–Kier alpha value is -1.38. The van der Waals surface area contributed by atoms with Crippen LogP contribution in [0.5, 0.6) is 0 Å². The molecule has 0 bridgehead atoms. The molecule has 0 aromatic carbocycles. The summed E-state index contributed by atoms with van der Waals surface area (Å²) in [7, 11) is -2.11. The van der Waals surface area contributed by atoms with Crippen molar-refractivity contribution in [1.29, 1.82) is 0 Å². The zero-order chi connectivity index (χ0) is 14.6. The molecule has 0 fully saturated rings. The van der Waals surface area contributed by atoms with Crippen molar-refractivity contribution in [1.82, 2.24) is 10.2 Å². The van der Waals surface area contributed by atoms with Crippen LogP contribution in [0.1, 0.15) is 19.6 Å². The fraction of sp³-hybridized carbons (Fsp3) is 0.545. The molecule has 0 saturated heterocycles.